The van der Waals surface area contributed by atoms with Gasteiger partial charge < -0.3 is 10.1 Å². The van der Waals surface area contributed by atoms with Crippen LogP contribution in [0, 0.1) is 6.92 Å². The highest BCUT2D eigenvalue weighted by molar-refractivity contribution is 9.10. The third kappa shape index (κ3) is 3.86. The maximum atomic E-state index is 12.3. The first-order chi connectivity index (χ1) is 10.0. The van der Waals surface area contributed by atoms with Crippen LogP contribution in [-0.4, -0.2) is 13.0 Å². The minimum atomic E-state index is -0.153. The summed E-state index contributed by atoms with van der Waals surface area (Å²) in [5, 5.41) is 3.69. The number of amides is 1. The lowest BCUT2D eigenvalue weighted by Crippen LogP contribution is -2.13. The summed E-state index contributed by atoms with van der Waals surface area (Å²) in [4.78, 5) is 12.3. The molecule has 0 saturated carbocycles. The van der Waals surface area contributed by atoms with E-state index in [0.29, 0.717) is 17.0 Å². The number of methoxy groups -OCH3 is 1. The molecule has 2 aromatic carbocycles. The van der Waals surface area contributed by atoms with Gasteiger partial charge in [0.05, 0.1) is 12.8 Å². The molecule has 3 nitrogen and oxygen atoms in total. The fraction of sp³-hybridized carbons (Fsp3) is 0.188. The number of carbonyl (C=O) groups excluding carboxylic acids is 1. The van der Waals surface area contributed by atoms with Crippen molar-refractivity contribution in [2.75, 3.05) is 12.4 Å². The predicted octanol–water partition coefficient (Wildman–Crippen LogP) is 4.91. The molecule has 0 aromatic heterocycles. The summed E-state index contributed by atoms with van der Waals surface area (Å²) in [6.45, 7) is 1.93. The van der Waals surface area contributed by atoms with Crippen molar-refractivity contribution < 1.29 is 9.53 Å². The minimum Gasteiger partial charge on any atom is -0.495 e. The molecule has 0 bridgehead atoms. The molecule has 2 rings (SSSR count). The molecule has 1 N–H and O–H groups in total. The second-order valence-corrected chi connectivity index (χ2v) is 6.06. The number of rotatable bonds is 4. The first-order valence-electron chi connectivity index (χ1n) is 6.35. The average Bonchev–Trinajstić information content (AvgIpc) is 2.49. The van der Waals surface area contributed by atoms with E-state index in [1.165, 1.54) is 0 Å². The van der Waals surface area contributed by atoms with Gasteiger partial charge in [0.2, 0.25) is 0 Å². The molecular weight excluding hydrogens is 398 g/mol. The monoisotopic (exact) mass is 411 g/mol. The van der Waals surface area contributed by atoms with Gasteiger partial charge in [0.15, 0.2) is 0 Å². The SMILES string of the molecule is COc1cc(Br)cc(C)c1NC(=O)c1ccc(CBr)cc1. The van der Waals surface area contributed by atoms with E-state index in [4.69, 9.17) is 4.74 Å². The summed E-state index contributed by atoms with van der Waals surface area (Å²) in [5.41, 5.74) is 3.37. The zero-order valence-corrected chi connectivity index (χ0v) is 14.9. The van der Waals surface area contributed by atoms with Gasteiger partial charge in [0, 0.05) is 15.4 Å². The third-order valence-corrected chi connectivity index (χ3v) is 4.20. The van der Waals surface area contributed by atoms with Crippen LogP contribution in [0.2, 0.25) is 0 Å². The van der Waals surface area contributed by atoms with Crippen molar-refractivity contribution in [1.82, 2.24) is 0 Å². The lowest BCUT2D eigenvalue weighted by molar-refractivity contribution is 0.102. The number of halogens is 2. The Morgan fingerprint density at radius 2 is 1.90 bits per heavy atom. The summed E-state index contributed by atoms with van der Waals surface area (Å²) in [6.07, 6.45) is 0. The second kappa shape index (κ2) is 7.09. The molecule has 5 heteroatoms. The van der Waals surface area contributed by atoms with Crippen LogP contribution in [0.1, 0.15) is 21.5 Å². The maximum absolute atomic E-state index is 12.3. The summed E-state index contributed by atoms with van der Waals surface area (Å²) in [6, 6.07) is 11.2. The Balaban J connectivity index is 2.26. The van der Waals surface area contributed by atoms with E-state index >= 15 is 0 Å². The van der Waals surface area contributed by atoms with E-state index in [2.05, 4.69) is 37.2 Å². The van der Waals surface area contributed by atoms with Crippen molar-refractivity contribution >= 4 is 43.5 Å². The van der Waals surface area contributed by atoms with Crippen molar-refractivity contribution in [2.24, 2.45) is 0 Å². The number of carbonyl (C=O) groups is 1. The Hall–Kier alpha value is -1.33. The van der Waals surface area contributed by atoms with Crippen molar-refractivity contribution in [1.29, 1.82) is 0 Å². The van der Waals surface area contributed by atoms with E-state index in [9.17, 15) is 4.79 Å². The van der Waals surface area contributed by atoms with Crippen molar-refractivity contribution in [3.63, 3.8) is 0 Å². The smallest absolute Gasteiger partial charge is 0.255 e. The Kier molecular flexibility index (Phi) is 5.42. The molecule has 0 radical (unpaired) electrons. The van der Waals surface area contributed by atoms with Crippen molar-refractivity contribution in [3.05, 3.63) is 57.6 Å². The number of benzene rings is 2. The maximum Gasteiger partial charge on any atom is 0.255 e. The fourth-order valence-electron chi connectivity index (χ4n) is 1.96. The topological polar surface area (TPSA) is 38.3 Å². The van der Waals surface area contributed by atoms with Gasteiger partial charge in [-0.15, -0.1) is 0 Å². The van der Waals surface area contributed by atoms with Crippen LogP contribution in [0.5, 0.6) is 5.75 Å². The number of nitrogens with one attached hydrogen (secondary N) is 1. The molecule has 2 aromatic rings. The second-order valence-electron chi connectivity index (χ2n) is 4.58. The summed E-state index contributed by atoms with van der Waals surface area (Å²) >= 11 is 6.80. The zero-order valence-electron chi connectivity index (χ0n) is 11.7. The molecule has 0 heterocycles. The first-order valence-corrected chi connectivity index (χ1v) is 8.27. The molecule has 0 unspecified atom stereocenters. The van der Waals surface area contributed by atoms with Gasteiger partial charge in [-0.1, -0.05) is 44.0 Å². The van der Waals surface area contributed by atoms with Gasteiger partial charge in [-0.05, 0) is 42.3 Å². The highest BCUT2D eigenvalue weighted by atomic mass is 79.9. The van der Waals surface area contributed by atoms with E-state index < -0.39 is 0 Å². The molecule has 21 heavy (non-hydrogen) atoms. The van der Waals surface area contributed by atoms with Crippen LogP contribution in [0.15, 0.2) is 40.9 Å². The largest absolute Gasteiger partial charge is 0.495 e. The number of anilines is 1. The third-order valence-electron chi connectivity index (χ3n) is 3.09. The van der Waals surface area contributed by atoms with Gasteiger partial charge in [0.25, 0.3) is 5.91 Å². The van der Waals surface area contributed by atoms with Crippen LogP contribution in [-0.2, 0) is 5.33 Å². The number of hydrogen-bond acceptors (Lipinski definition) is 2. The van der Waals surface area contributed by atoms with E-state index in [-0.39, 0.29) is 5.91 Å². The standard InChI is InChI=1S/C16H15Br2NO2/c1-10-7-13(18)8-14(21-2)15(10)19-16(20)12-5-3-11(9-17)4-6-12/h3-8H,9H2,1-2H3,(H,19,20). The molecule has 0 atom stereocenters. The molecule has 1 amide bonds. The quantitative estimate of drug-likeness (QED) is 0.724. The van der Waals surface area contributed by atoms with E-state index in [0.717, 1.165) is 20.9 Å². The highest BCUT2D eigenvalue weighted by Crippen LogP contribution is 2.32. The fourth-order valence-corrected chi connectivity index (χ4v) is 2.89. The number of alkyl halides is 1. The van der Waals surface area contributed by atoms with Gasteiger partial charge in [-0.3, -0.25) is 4.79 Å². The predicted molar refractivity (Wildman–Crippen MR) is 92.5 cm³/mol. The molecule has 0 aliphatic rings. The Morgan fingerprint density at radius 3 is 2.48 bits per heavy atom. The van der Waals surface area contributed by atoms with Crippen molar-refractivity contribution in [2.45, 2.75) is 12.3 Å². The Labute approximate surface area is 141 Å². The molecular formula is C16H15Br2NO2. The zero-order chi connectivity index (χ0) is 15.4. The van der Waals surface area contributed by atoms with Gasteiger partial charge in [-0.2, -0.15) is 0 Å². The number of ether oxygens (including phenoxy) is 1. The average molecular weight is 413 g/mol. The molecule has 0 saturated heterocycles. The Morgan fingerprint density at radius 1 is 1.24 bits per heavy atom. The molecule has 0 aliphatic carbocycles. The lowest BCUT2D eigenvalue weighted by atomic mass is 10.1. The normalized spacial score (nSPS) is 10.3. The van der Waals surface area contributed by atoms with Crippen LogP contribution in [0.3, 0.4) is 0 Å². The summed E-state index contributed by atoms with van der Waals surface area (Å²) < 4.78 is 6.24. The van der Waals surface area contributed by atoms with Gasteiger partial charge in [-0.25, -0.2) is 0 Å². The number of hydrogen-bond donors (Lipinski definition) is 1. The Bertz CT molecular complexity index is 654. The highest BCUT2D eigenvalue weighted by Gasteiger charge is 2.13. The lowest BCUT2D eigenvalue weighted by Gasteiger charge is -2.14. The number of aryl methyl sites for hydroxylation is 1. The van der Waals surface area contributed by atoms with Gasteiger partial charge >= 0.3 is 0 Å². The molecule has 0 fully saturated rings. The van der Waals surface area contributed by atoms with Crippen molar-refractivity contribution in [3.8, 4) is 5.75 Å². The van der Waals surface area contributed by atoms with Crippen LogP contribution in [0.4, 0.5) is 5.69 Å². The first kappa shape index (κ1) is 16.0. The van der Waals surface area contributed by atoms with Crippen LogP contribution in [0.25, 0.3) is 0 Å². The molecule has 0 spiro atoms. The molecule has 0 aliphatic heterocycles. The van der Waals surface area contributed by atoms with Crippen LogP contribution < -0.4 is 10.1 Å². The van der Waals surface area contributed by atoms with Crippen LogP contribution >= 0.6 is 31.9 Å². The minimum absolute atomic E-state index is 0.153. The van der Waals surface area contributed by atoms with E-state index in [1.54, 1.807) is 7.11 Å². The summed E-state index contributed by atoms with van der Waals surface area (Å²) in [7, 11) is 1.58. The van der Waals surface area contributed by atoms with E-state index in [1.807, 2.05) is 43.3 Å². The van der Waals surface area contributed by atoms with Gasteiger partial charge in [0.1, 0.15) is 5.75 Å². The summed E-state index contributed by atoms with van der Waals surface area (Å²) in [5.74, 6) is 0.479. The molecule has 110 valence electrons.